The lowest BCUT2D eigenvalue weighted by atomic mass is 10.2. The predicted octanol–water partition coefficient (Wildman–Crippen LogP) is 5.30. The molecule has 0 saturated heterocycles. The van der Waals surface area contributed by atoms with Gasteiger partial charge in [0.25, 0.3) is 0 Å². The van der Waals surface area contributed by atoms with Crippen LogP contribution in [0, 0.1) is 12.7 Å². The topological polar surface area (TPSA) is 87.5 Å². The number of ether oxygens (including phenoxy) is 3. The van der Waals surface area contributed by atoms with Crippen molar-refractivity contribution < 1.29 is 23.4 Å². The van der Waals surface area contributed by atoms with Crippen LogP contribution in [0.4, 0.5) is 10.2 Å². The van der Waals surface area contributed by atoms with Crippen molar-refractivity contribution >= 4 is 34.0 Å². The predicted molar refractivity (Wildman–Crippen MR) is 134 cm³/mol. The molecule has 35 heavy (non-hydrogen) atoms. The molecule has 0 unspecified atom stereocenters. The van der Waals surface area contributed by atoms with E-state index >= 15 is 0 Å². The van der Waals surface area contributed by atoms with Crippen molar-refractivity contribution in [3.8, 4) is 22.1 Å². The molecule has 0 saturated carbocycles. The van der Waals surface area contributed by atoms with E-state index in [0.29, 0.717) is 53.1 Å². The normalized spacial score (nSPS) is 11.0. The van der Waals surface area contributed by atoms with Crippen LogP contribution in [0.25, 0.3) is 21.5 Å². The zero-order chi connectivity index (χ0) is 24.9. The average Bonchev–Trinajstić information content (AvgIpc) is 3.39. The Balaban J connectivity index is 1.53. The maximum atomic E-state index is 14.6. The van der Waals surface area contributed by atoms with Crippen molar-refractivity contribution in [1.82, 2.24) is 14.5 Å². The smallest absolute Gasteiger partial charge is 0.352 e. The molecule has 0 amide bonds. The monoisotopic (exact) mass is 498 g/mol. The maximum absolute atomic E-state index is 14.6. The van der Waals surface area contributed by atoms with Crippen molar-refractivity contribution in [2.45, 2.75) is 27.3 Å². The fourth-order valence-electron chi connectivity index (χ4n) is 3.98. The third kappa shape index (κ3) is 4.93. The Kier molecular flexibility index (Phi) is 7.50. The number of benzene rings is 1. The molecule has 1 aromatic carbocycles. The number of halogens is 1. The second-order valence-corrected chi connectivity index (χ2v) is 8.63. The summed E-state index contributed by atoms with van der Waals surface area (Å²) in [5, 5.41) is 4.02. The van der Waals surface area contributed by atoms with Crippen LogP contribution in [0.15, 0.2) is 36.7 Å². The Morgan fingerprint density at radius 2 is 2.03 bits per heavy atom. The fourth-order valence-corrected chi connectivity index (χ4v) is 4.94. The number of esters is 1. The molecule has 3 heterocycles. The summed E-state index contributed by atoms with van der Waals surface area (Å²) in [6.07, 6.45) is 1.46. The Morgan fingerprint density at radius 3 is 2.77 bits per heavy atom. The van der Waals surface area contributed by atoms with Gasteiger partial charge in [0.2, 0.25) is 0 Å². The molecule has 0 atom stereocenters. The quantitative estimate of drug-likeness (QED) is 0.297. The average molecular weight is 499 g/mol. The van der Waals surface area contributed by atoms with Crippen LogP contribution >= 0.6 is 11.3 Å². The first-order valence-electron chi connectivity index (χ1n) is 11.3. The summed E-state index contributed by atoms with van der Waals surface area (Å²) in [5.41, 5.74) is 2.02. The summed E-state index contributed by atoms with van der Waals surface area (Å²) in [6, 6.07) is 8.58. The lowest BCUT2D eigenvalue weighted by molar-refractivity contribution is 0.0528. The third-order valence-corrected chi connectivity index (χ3v) is 6.58. The minimum atomic E-state index is -0.420. The summed E-state index contributed by atoms with van der Waals surface area (Å²) in [5.74, 6) is 1.05. The maximum Gasteiger partial charge on any atom is 0.352 e. The van der Waals surface area contributed by atoms with E-state index in [-0.39, 0.29) is 12.4 Å². The molecule has 0 aliphatic carbocycles. The molecule has 3 aromatic heterocycles. The van der Waals surface area contributed by atoms with E-state index in [1.54, 1.807) is 32.2 Å². The Morgan fingerprint density at radius 1 is 1.20 bits per heavy atom. The summed E-state index contributed by atoms with van der Waals surface area (Å²) in [6.45, 7) is 7.25. The molecular weight excluding hydrogens is 471 g/mol. The van der Waals surface area contributed by atoms with Gasteiger partial charge in [0.15, 0.2) is 4.88 Å². The Bertz CT molecular complexity index is 1350. The number of para-hydroxylation sites is 1. The number of rotatable bonds is 10. The number of aromatic nitrogens is 3. The minimum Gasteiger partial charge on any atom is -0.494 e. The van der Waals surface area contributed by atoms with E-state index in [9.17, 15) is 9.18 Å². The molecule has 0 fully saturated rings. The molecule has 184 valence electrons. The van der Waals surface area contributed by atoms with Gasteiger partial charge in [0, 0.05) is 30.6 Å². The number of hydrogen-bond acceptors (Lipinski definition) is 8. The van der Waals surface area contributed by atoms with Gasteiger partial charge in [-0.2, -0.15) is 0 Å². The Hall–Kier alpha value is -3.66. The van der Waals surface area contributed by atoms with Gasteiger partial charge in [-0.3, -0.25) is 0 Å². The first kappa shape index (κ1) is 24.5. The van der Waals surface area contributed by atoms with E-state index in [1.165, 1.54) is 23.7 Å². The zero-order valence-corrected chi connectivity index (χ0v) is 20.9. The van der Waals surface area contributed by atoms with Gasteiger partial charge >= 0.3 is 5.97 Å². The Labute approximate surface area is 206 Å². The molecule has 0 radical (unpaired) electrons. The fraction of sp³-hybridized carbons (Fsp3) is 0.320. The highest BCUT2D eigenvalue weighted by molar-refractivity contribution is 7.17. The molecule has 0 aliphatic rings. The molecule has 4 aromatic rings. The number of nitrogens with zero attached hydrogens (tertiary/aromatic N) is 3. The lowest BCUT2D eigenvalue weighted by Gasteiger charge is -2.11. The van der Waals surface area contributed by atoms with Gasteiger partial charge in [-0.25, -0.2) is 19.2 Å². The number of thiophene rings is 1. The van der Waals surface area contributed by atoms with Crippen LogP contribution in [0.1, 0.15) is 29.2 Å². The van der Waals surface area contributed by atoms with Gasteiger partial charge in [0.1, 0.15) is 29.5 Å². The molecule has 4 rings (SSSR count). The molecule has 8 nitrogen and oxygen atoms in total. The van der Waals surface area contributed by atoms with Gasteiger partial charge in [-0.05, 0) is 32.9 Å². The van der Waals surface area contributed by atoms with Gasteiger partial charge < -0.3 is 24.1 Å². The highest BCUT2D eigenvalue weighted by Crippen LogP contribution is 2.37. The summed E-state index contributed by atoms with van der Waals surface area (Å²) >= 11 is 1.26. The second kappa shape index (κ2) is 10.7. The number of carbonyl (C=O) groups excluding carboxylic acids is 1. The van der Waals surface area contributed by atoms with Crippen LogP contribution in [0.3, 0.4) is 0 Å². The van der Waals surface area contributed by atoms with Crippen LogP contribution in [-0.2, 0) is 11.3 Å². The summed E-state index contributed by atoms with van der Waals surface area (Å²) < 4.78 is 32.8. The minimum absolute atomic E-state index is 0.283. The molecule has 10 heteroatoms. The first-order valence-corrected chi connectivity index (χ1v) is 12.1. The van der Waals surface area contributed by atoms with E-state index < -0.39 is 5.97 Å². The molecule has 0 bridgehead atoms. The third-order valence-electron chi connectivity index (χ3n) is 5.46. The standard InChI is InChI=1S/C25H27FN4O4S/c1-5-33-19-13-20(35-24(19)25(31)34-6-2)18-12-21(29-14-28-18)27-10-11-30-15(3)23(32-4)16-8-7-9-17(26)22(16)30/h7-9,12-14H,5-6,10-11H2,1-4H3,(H,27,28,29). The number of nitrogens with one attached hydrogen (secondary N) is 1. The zero-order valence-electron chi connectivity index (χ0n) is 20.1. The lowest BCUT2D eigenvalue weighted by Crippen LogP contribution is -2.13. The van der Waals surface area contributed by atoms with Gasteiger partial charge in [0.05, 0.1) is 42.1 Å². The highest BCUT2D eigenvalue weighted by Gasteiger charge is 2.21. The number of fused-ring (bicyclic) bond motifs is 1. The SMILES string of the molecule is CCOC(=O)c1sc(-c2cc(NCCn3c(C)c(OC)c4cccc(F)c43)ncn2)cc1OCC. The van der Waals surface area contributed by atoms with Crippen molar-refractivity contribution in [3.05, 3.63) is 53.0 Å². The number of methoxy groups -OCH3 is 1. The molecule has 0 aliphatic heterocycles. The van der Waals surface area contributed by atoms with Crippen LogP contribution in [-0.4, -0.2) is 47.4 Å². The van der Waals surface area contributed by atoms with Crippen LogP contribution in [0.2, 0.25) is 0 Å². The van der Waals surface area contributed by atoms with E-state index in [0.717, 1.165) is 16.0 Å². The first-order chi connectivity index (χ1) is 17.0. The van der Waals surface area contributed by atoms with Crippen molar-refractivity contribution in [3.63, 3.8) is 0 Å². The van der Waals surface area contributed by atoms with E-state index in [4.69, 9.17) is 14.2 Å². The largest absolute Gasteiger partial charge is 0.494 e. The number of anilines is 1. The molecular formula is C25H27FN4O4S. The van der Waals surface area contributed by atoms with E-state index in [2.05, 4.69) is 15.3 Å². The van der Waals surface area contributed by atoms with E-state index in [1.807, 2.05) is 24.5 Å². The van der Waals surface area contributed by atoms with Gasteiger partial charge in [-0.1, -0.05) is 6.07 Å². The number of carbonyl (C=O) groups is 1. The van der Waals surface area contributed by atoms with Crippen molar-refractivity contribution in [2.24, 2.45) is 0 Å². The molecule has 0 spiro atoms. The van der Waals surface area contributed by atoms with Crippen LogP contribution < -0.4 is 14.8 Å². The van der Waals surface area contributed by atoms with Crippen LogP contribution in [0.5, 0.6) is 11.5 Å². The summed E-state index contributed by atoms with van der Waals surface area (Å²) in [7, 11) is 1.59. The second-order valence-electron chi connectivity index (χ2n) is 7.58. The highest BCUT2D eigenvalue weighted by atomic mass is 32.1. The van der Waals surface area contributed by atoms with Crippen molar-refractivity contribution in [1.29, 1.82) is 0 Å². The van der Waals surface area contributed by atoms with Gasteiger partial charge in [-0.15, -0.1) is 11.3 Å². The number of hydrogen-bond donors (Lipinski definition) is 1. The van der Waals surface area contributed by atoms with Crippen molar-refractivity contribution in [2.75, 3.05) is 32.2 Å². The molecule has 1 N–H and O–H groups in total. The summed E-state index contributed by atoms with van der Waals surface area (Å²) in [4.78, 5) is 22.1.